The summed E-state index contributed by atoms with van der Waals surface area (Å²) in [5.74, 6) is -0.381. The van der Waals surface area contributed by atoms with E-state index < -0.39 is 4.92 Å². The Hall–Kier alpha value is -2.34. The third-order valence-electron chi connectivity index (χ3n) is 2.75. The first-order chi connectivity index (χ1) is 9.47. The van der Waals surface area contributed by atoms with Crippen LogP contribution in [0.2, 0.25) is 5.02 Å². The Kier molecular flexibility index (Phi) is 4.05. The highest BCUT2D eigenvalue weighted by Gasteiger charge is 2.16. The van der Waals surface area contributed by atoms with E-state index in [0.29, 0.717) is 6.54 Å². The van der Waals surface area contributed by atoms with Crippen molar-refractivity contribution in [2.45, 2.75) is 6.54 Å². The van der Waals surface area contributed by atoms with Crippen LogP contribution in [-0.4, -0.2) is 15.4 Å². The zero-order chi connectivity index (χ0) is 14.7. The topological polar surface area (TPSA) is 77.2 Å². The van der Waals surface area contributed by atoms with Gasteiger partial charge in [0.15, 0.2) is 0 Å². The Morgan fingerprint density at radius 2 is 2.20 bits per heavy atom. The van der Waals surface area contributed by atoms with Crippen LogP contribution in [0.15, 0.2) is 36.7 Å². The molecule has 1 heterocycles. The summed E-state index contributed by atoms with van der Waals surface area (Å²) in [4.78, 5) is 22.1. The molecule has 6 nitrogen and oxygen atoms in total. The van der Waals surface area contributed by atoms with Crippen molar-refractivity contribution in [2.75, 3.05) is 0 Å². The van der Waals surface area contributed by atoms with Crippen LogP contribution in [0.25, 0.3) is 0 Å². The fourth-order valence-electron chi connectivity index (χ4n) is 1.74. The summed E-state index contributed by atoms with van der Waals surface area (Å²) in [6, 6.07) is 5.85. The van der Waals surface area contributed by atoms with Gasteiger partial charge in [-0.3, -0.25) is 14.9 Å². The zero-order valence-electron chi connectivity index (χ0n) is 10.7. The largest absolute Gasteiger partial charge is 0.357 e. The number of halogens is 1. The maximum atomic E-state index is 11.9. The molecule has 0 bridgehead atoms. The average molecular weight is 294 g/mol. The van der Waals surface area contributed by atoms with Crippen molar-refractivity contribution in [1.82, 2.24) is 9.88 Å². The van der Waals surface area contributed by atoms with E-state index in [0.717, 1.165) is 5.56 Å². The molecule has 0 saturated carbocycles. The van der Waals surface area contributed by atoms with Crippen molar-refractivity contribution in [3.63, 3.8) is 0 Å². The van der Waals surface area contributed by atoms with Crippen LogP contribution >= 0.6 is 11.6 Å². The van der Waals surface area contributed by atoms with Gasteiger partial charge in [-0.15, -0.1) is 0 Å². The van der Waals surface area contributed by atoms with Crippen LogP contribution in [0, 0.1) is 10.1 Å². The summed E-state index contributed by atoms with van der Waals surface area (Å²) in [6.45, 7) is 0.357. The summed E-state index contributed by atoms with van der Waals surface area (Å²) in [5, 5.41) is 13.5. The molecular formula is C13H12ClN3O3. The number of nitrogens with one attached hydrogen (secondary N) is 1. The van der Waals surface area contributed by atoms with Gasteiger partial charge in [0.2, 0.25) is 0 Å². The average Bonchev–Trinajstić information content (AvgIpc) is 2.82. The van der Waals surface area contributed by atoms with Gasteiger partial charge in [-0.25, -0.2) is 0 Å². The van der Waals surface area contributed by atoms with E-state index >= 15 is 0 Å². The number of nitro benzene ring substituents is 1. The first kappa shape index (κ1) is 14.1. The minimum atomic E-state index is -0.615. The molecule has 1 amide bonds. The normalized spacial score (nSPS) is 10.3. The first-order valence-electron chi connectivity index (χ1n) is 5.80. The SMILES string of the molecule is Cn1ccc(CNC(=O)c2ccc(Cl)c([N+](=O)[O-])c2)c1. The van der Waals surface area contributed by atoms with Crippen LogP contribution < -0.4 is 5.32 Å². The lowest BCUT2D eigenvalue weighted by Crippen LogP contribution is -2.22. The Morgan fingerprint density at radius 1 is 1.45 bits per heavy atom. The number of hydrogen-bond donors (Lipinski definition) is 1. The van der Waals surface area contributed by atoms with Gasteiger partial charge in [0.25, 0.3) is 11.6 Å². The van der Waals surface area contributed by atoms with E-state index in [1.165, 1.54) is 18.2 Å². The molecule has 0 fully saturated rings. The number of carbonyl (C=O) groups is 1. The van der Waals surface area contributed by atoms with Gasteiger partial charge in [0.1, 0.15) is 5.02 Å². The minimum absolute atomic E-state index is 0.00890. The number of nitro groups is 1. The third-order valence-corrected chi connectivity index (χ3v) is 3.07. The van der Waals surface area contributed by atoms with Crippen LogP contribution in [0.4, 0.5) is 5.69 Å². The molecule has 2 rings (SSSR count). The molecule has 104 valence electrons. The number of benzene rings is 1. The van der Waals surface area contributed by atoms with E-state index in [-0.39, 0.29) is 22.2 Å². The molecular weight excluding hydrogens is 282 g/mol. The fourth-order valence-corrected chi connectivity index (χ4v) is 1.93. The van der Waals surface area contributed by atoms with E-state index in [1.807, 2.05) is 30.1 Å². The number of hydrogen-bond acceptors (Lipinski definition) is 3. The van der Waals surface area contributed by atoms with Crippen LogP contribution in [-0.2, 0) is 13.6 Å². The Labute approximate surface area is 120 Å². The third kappa shape index (κ3) is 3.16. The summed E-state index contributed by atoms with van der Waals surface area (Å²) < 4.78 is 1.87. The Morgan fingerprint density at radius 3 is 2.80 bits per heavy atom. The molecule has 7 heteroatoms. The summed E-state index contributed by atoms with van der Waals surface area (Å²) in [6.07, 6.45) is 3.75. The molecule has 0 unspecified atom stereocenters. The fraction of sp³-hybridized carbons (Fsp3) is 0.154. The van der Waals surface area contributed by atoms with Gasteiger partial charge >= 0.3 is 0 Å². The van der Waals surface area contributed by atoms with Gasteiger partial charge in [-0.2, -0.15) is 0 Å². The molecule has 20 heavy (non-hydrogen) atoms. The summed E-state index contributed by atoms with van der Waals surface area (Å²) >= 11 is 5.70. The molecule has 0 aliphatic heterocycles. The lowest BCUT2D eigenvalue weighted by atomic mass is 10.2. The number of amides is 1. The van der Waals surface area contributed by atoms with Crippen LogP contribution in [0.5, 0.6) is 0 Å². The predicted octanol–water partition coefficient (Wildman–Crippen LogP) is 2.52. The minimum Gasteiger partial charge on any atom is -0.357 e. The number of rotatable bonds is 4. The molecule has 0 atom stereocenters. The molecule has 0 aliphatic rings. The lowest BCUT2D eigenvalue weighted by molar-refractivity contribution is -0.384. The molecule has 0 spiro atoms. The highest BCUT2D eigenvalue weighted by Crippen LogP contribution is 2.24. The van der Waals surface area contributed by atoms with Crippen molar-refractivity contribution < 1.29 is 9.72 Å². The van der Waals surface area contributed by atoms with E-state index in [4.69, 9.17) is 11.6 Å². The molecule has 0 saturated heterocycles. The Bertz CT molecular complexity index is 667. The van der Waals surface area contributed by atoms with Crippen LogP contribution in [0.1, 0.15) is 15.9 Å². The maximum Gasteiger partial charge on any atom is 0.288 e. The predicted molar refractivity (Wildman–Crippen MR) is 74.7 cm³/mol. The molecule has 0 radical (unpaired) electrons. The monoisotopic (exact) mass is 293 g/mol. The van der Waals surface area contributed by atoms with Crippen molar-refractivity contribution in [3.05, 3.63) is 62.9 Å². The van der Waals surface area contributed by atoms with Gasteiger partial charge in [0, 0.05) is 37.6 Å². The second-order valence-corrected chi connectivity index (χ2v) is 4.70. The highest BCUT2D eigenvalue weighted by molar-refractivity contribution is 6.32. The van der Waals surface area contributed by atoms with Gasteiger partial charge in [-0.1, -0.05) is 11.6 Å². The maximum absolute atomic E-state index is 11.9. The second kappa shape index (κ2) is 5.75. The number of aromatic nitrogens is 1. The molecule has 1 aromatic heterocycles. The molecule has 1 aromatic carbocycles. The van der Waals surface area contributed by atoms with E-state index in [1.54, 1.807) is 0 Å². The molecule has 0 aliphatic carbocycles. The van der Waals surface area contributed by atoms with Gasteiger partial charge < -0.3 is 9.88 Å². The lowest BCUT2D eigenvalue weighted by Gasteiger charge is -2.04. The van der Waals surface area contributed by atoms with Crippen LogP contribution in [0.3, 0.4) is 0 Å². The van der Waals surface area contributed by atoms with Gasteiger partial charge in [0.05, 0.1) is 4.92 Å². The van der Waals surface area contributed by atoms with Gasteiger partial charge in [-0.05, 0) is 23.8 Å². The quantitative estimate of drug-likeness (QED) is 0.695. The van der Waals surface area contributed by atoms with E-state index in [9.17, 15) is 14.9 Å². The van der Waals surface area contributed by atoms with Crippen molar-refractivity contribution in [3.8, 4) is 0 Å². The van der Waals surface area contributed by atoms with Crippen molar-refractivity contribution >= 4 is 23.2 Å². The molecule has 1 N–H and O–H groups in total. The first-order valence-corrected chi connectivity index (χ1v) is 6.18. The Balaban J connectivity index is 2.09. The second-order valence-electron chi connectivity index (χ2n) is 4.29. The van der Waals surface area contributed by atoms with Crippen molar-refractivity contribution in [2.24, 2.45) is 7.05 Å². The number of nitrogens with zero attached hydrogens (tertiary/aromatic N) is 2. The summed E-state index contributed by atoms with van der Waals surface area (Å²) in [7, 11) is 1.88. The zero-order valence-corrected chi connectivity index (χ0v) is 11.4. The summed E-state index contributed by atoms with van der Waals surface area (Å²) in [5.41, 5.74) is 0.875. The number of aryl methyl sites for hydroxylation is 1. The van der Waals surface area contributed by atoms with E-state index in [2.05, 4.69) is 5.32 Å². The molecule has 2 aromatic rings. The number of carbonyl (C=O) groups excluding carboxylic acids is 1. The highest BCUT2D eigenvalue weighted by atomic mass is 35.5. The van der Waals surface area contributed by atoms with Crippen molar-refractivity contribution in [1.29, 1.82) is 0 Å². The standard InChI is InChI=1S/C13H12ClN3O3/c1-16-5-4-9(8-16)7-15-13(18)10-2-3-11(14)12(6-10)17(19)20/h2-6,8H,7H2,1H3,(H,15,18). The smallest absolute Gasteiger partial charge is 0.288 e.